The zero-order valence-corrected chi connectivity index (χ0v) is 14.1. The van der Waals surface area contributed by atoms with Crippen molar-refractivity contribution < 1.29 is 29.0 Å². The Balaban J connectivity index is 2.38. The molecule has 0 aromatic heterocycles. The van der Waals surface area contributed by atoms with Gasteiger partial charge in [0.1, 0.15) is 5.78 Å². The minimum absolute atomic E-state index is 0.136. The van der Waals surface area contributed by atoms with Gasteiger partial charge in [0.05, 0.1) is 13.0 Å². The van der Waals surface area contributed by atoms with Gasteiger partial charge in [-0.1, -0.05) is 30.3 Å². The molecule has 0 saturated carbocycles. The fraction of sp³-hybridized carbons (Fsp3) is 0.500. The van der Waals surface area contributed by atoms with E-state index in [1.54, 1.807) is 0 Å². The summed E-state index contributed by atoms with van der Waals surface area (Å²) in [6.07, 6.45) is 0.356. The Hall–Kier alpha value is -2.21. The molecule has 1 aromatic rings. The number of carboxylic acids is 1. The highest BCUT2D eigenvalue weighted by Gasteiger charge is 2.21. The molecule has 1 rings (SSSR count). The Morgan fingerprint density at radius 1 is 1.17 bits per heavy atom. The van der Waals surface area contributed by atoms with Gasteiger partial charge in [-0.2, -0.15) is 0 Å². The number of esters is 1. The highest BCUT2D eigenvalue weighted by Crippen LogP contribution is 2.13. The van der Waals surface area contributed by atoms with Crippen molar-refractivity contribution in [2.45, 2.75) is 38.7 Å². The average molecular weight is 336 g/mol. The van der Waals surface area contributed by atoms with Crippen molar-refractivity contribution in [2.75, 3.05) is 13.7 Å². The van der Waals surface area contributed by atoms with E-state index in [4.69, 9.17) is 14.6 Å². The minimum Gasteiger partial charge on any atom is -0.481 e. The van der Waals surface area contributed by atoms with Crippen LogP contribution in [0.3, 0.4) is 0 Å². The van der Waals surface area contributed by atoms with Crippen LogP contribution in [0.5, 0.6) is 0 Å². The van der Waals surface area contributed by atoms with Crippen LogP contribution in [-0.2, 0) is 30.3 Å². The topological polar surface area (TPSA) is 89.9 Å². The number of carbonyl (C=O) groups is 3. The number of rotatable bonds is 11. The summed E-state index contributed by atoms with van der Waals surface area (Å²) >= 11 is 0. The molecule has 2 unspecified atom stereocenters. The number of carbonyl (C=O) groups excluding carboxylic acids is 2. The standard InChI is InChI=1S/C18H24O6/c1-13(19)15(12-17(20)21)9-6-10-24-18(22)16(23-2)11-14-7-4-3-5-8-14/h3-5,7-8,15-16H,6,9-12H2,1-2H3,(H,20,21). The van der Waals surface area contributed by atoms with Crippen LogP contribution in [0, 0.1) is 5.92 Å². The van der Waals surface area contributed by atoms with Crippen LogP contribution in [-0.4, -0.2) is 42.6 Å². The van der Waals surface area contributed by atoms with Crippen LogP contribution in [0.2, 0.25) is 0 Å². The maximum absolute atomic E-state index is 12.0. The predicted molar refractivity (Wildman–Crippen MR) is 87.6 cm³/mol. The number of Topliss-reactive ketones (excluding diaryl/α,β-unsaturated/α-hetero) is 1. The minimum atomic E-state index is -1.01. The maximum atomic E-state index is 12.0. The molecule has 0 spiro atoms. The fourth-order valence-corrected chi connectivity index (χ4v) is 2.35. The monoisotopic (exact) mass is 336 g/mol. The summed E-state index contributed by atoms with van der Waals surface area (Å²) in [5, 5.41) is 8.77. The lowest BCUT2D eigenvalue weighted by Crippen LogP contribution is -2.28. The first kappa shape index (κ1) is 19.8. The second-order valence-corrected chi connectivity index (χ2v) is 5.63. The average Bonchev–Trinajstić information content (AvgIpc) is 2.55. The number of methoxy groups -OCH3 is 1. The van der Waals surface area contributed by atoms with E-state index in [9.17, 15) is 14.4 Å². The molecule has 0 aliphatic rings. The molecule has 0 saturated heterocycles. The molecule has 1 aromatic carbocycles. The molecule has 6 nitrogen and oxygen atoms in total. The lowest BCUT2D eigenvalue weighted by Gasteiger charge is -2.15. The number of benzene rings is 1. The highest BCUT2D eigenvalue weighted by molar-refractivity contribution is 5.82. The van der Waals surface area contributed by atoms with Crippen LogP contribution in [0.4, 0.5) is 0 Å². The van der Waals surface area contributed by atoms with E-state index in [0.717, 1.165) is 5.56 Å². The number of hydrogen-bond acceptors (Lipinski definition) is 5. The number of carboxylic acid groups (broad SMARTS) is 1. The van der Waals surface area contributed by atoms with Gasteiger partial charge in [-0.25, -0.2) is 4.79 Å². The van der Waals surface area contributed by atoms with E-state index in [1.165, 1.54) is 14.0 Å². The first-order valence-corrected chi connectivity index (χ1v) is 7.89. The van der Waals surface area contributed by atoms with Gasteiger partial charge < -0.3 is 14.6 Å². The van der Waals surface area contributed by atoms with Gasteiger partial charge >= 0.3 is 11.9 Å². The van der Waals surface area contributed by atoms with E-state index in [2.05, 4.69) is 0 Å². The lowest BCUT2D eigenvalue weighted by atomic mass is 9.96. The molecule has 2 atom stereocenters. The molecule has 1 N–H and O–H groups in total. The summed E-state index contributed by atoms with van der Waals surface area (Å²) < 4.78 is 10.4. The number of ether oxygens (including phenoxy) is 2. The highest BCUT2D eigenvalue weighted by atomic mass is 16.6. The molecular weight excluding hydrogens is 312 g/mol. The van der Waals surface area contributed by atoms with Gasteiger partial charge in [0, 0.05) is 19.4 Å². The lowest BCUT2D eigenvalue weighted by molar-refractivity contribution is -0.155. The van der Waals surface area contributed by atoms with Crippen molar-refractivity contribution in [3.63, 3.8) is 0 Å². The Morgan fingerprint density at radius 3 is 2.38 bits per heavy atom. The first-order valence-electron chi connectivity index (χ1n) is 7.89. The van der Waals surface area contributed by atoms with Crippen molar-refractivity contribution >= 4 is 17.7 Å². The second-order valence-electron chi connectivity index (χ2n) is 5.63. The molecule has 0 radical (unpaired) electrons. The molecule has 0 aliphatic heterocycles. The first-order chi connectivity index (χ1) is 11.4. The largest absolute Gasteiger partial charge is 0.481 e. The van der Waals surface area contributed by atoms with Crippen LogP contribution in [0.25, 0.3) is 0 Å². The van der Waals surface area contributed by atoms with Gasteiger partial charge in [0.25, 0.3) is 0 Å². The summed E-state index contributed by atoms with van der Waals surface area (Å²) in [6.45, 7) is 1.51. The van der Waals surface area contributed by atoms with Gasteiger partial charge in [0.15, 0.2) is 6.10 Å². The van der Waals surface area contributed by atoms with Crippen LogP contribution in [0.15, 0.2) is 30.3 Å². The molecule has 0 aliphatic carbocycles. The Kier molecular flexibility index (Phi) is 8.71. The number of ketones is 1. The molecule has 6 heteroatoms. The molecule has 132 valence electrons. The van der Waals surface area contributed by atoms with E-state index in [0.29, 0.717) is 19.3 Å². The van der Waals surface area contributed by atoms with Gasteiger partial charge in [-0.3, -0.25) is 9.59 Å². The van der Waals surface area contributed by atoms with Gasteiger partial charge in [0.2, 0.25) is 0 Å². The molecule has 0 fully saturated rings. The molecule has 24 heavy (non-hydrogen) atoms. The second kappa shape index (κ2) is 10.5. The maximum Gasteiger partial charge on any atom is 0.335 e. The van der Waals surface area contributed by atoms with Gasteiger partial charge in [-0.15, -0.1) is 0 Å². The smallest absolute Gasteiger partial charge is 0.335 e. The Labute approximate surface area is 141 Å². The van der Waals surface area contributed by atoms with Crippen molar-refractivity contribution in [1.29, 1.82) is 0 Å². The third-order valence-corrected chi connectivity index (χ3v) is 3.75. The summed E-state index contributed by atoms with van der Waals surface area (Å²) in [5.74, 6) is -2.17. The number of aliphatic carboxylic acids is 1. The zero-order valence-electron chi connectivity index (χ0n) is 14.1. The summed E-state index contributed by atoms with van der Waals surface area (Å²) in [7, 11) is 1.45. The predicted octanol–water partition coefficient (Wildman–Crippen LogP) is 2.25. The van der Waals surface area contributed by atoms with Crippen molar-refractivity contribution in [1.82, 2.24) is 0 Å². The van der Waals surface area contributed by atoms with E-state index >= 15 is 0 Å². The van der Waals surface area contributed by atoms with Crippen LogP contribution >= 0.6 is 0 Å². The van der Waals surface area contributed by atoms with Crippen LogP contribution in [0.1, 0.15) is 31.7 Å². The van der Waals surface area contributed by atoms with Crippen molar-refractivity contribution in [3.8, 4) is 0 Å². The zero-order chi connectivity index (χ0) is 17.9. The van der Waals surface area contributed by atoms with E-state index in [-0.39, 0.29) is 18.8 Å². The Bertz CT molecular complexity index is 540. The third kappa shape index (κ3) is 7.37. The number of hydrogen-bond donors (Lipinski definition) is 1. The molecule has 0 bridgehead atoms. The third-order valence-electron chi connectivity index (χ3n) is 3.75. The van der Waals surface area contributed by atoms with E-state index in [1.807, 2.05) is 30.3 Å². The fourth-order valence-electron chi connectivity index (χ4n) is 2.35. The van der Waals surface area contributed by atoms with Crippen LogP contribution < -0.4 is 0 Å². The summed E-state index contributed by atoms with van der Waals surface area (Å²) in [5.41, 5.74) is 0.972. The SMILES string of the molecule is COC(Cc1ccccc1)C(=O)OCCCC(CC(=O)O)C(C)=O. The summed E-state index contributed by atoms with van der Waals surface area (Å²) in [6, 6.07) is 9.48. The Morgan fingerprint density at radius 2 is 1.83 bits per heavy atom. The van der Waals surface area contributed by atoms with Crippen molar-refractivity contribution in [2.24, 2.45) is 5.92 Å². The van der Waals surface area contributed by atoms with Crippen molar-refractivity contribution in [3.05, 3.63) is 35.9 Å². The molecule has 0 heterocycles. The van der Waals surface area contributed by atoms with Gasteiger partial charge in [-0.05, 0) is 25.3 Å². The summed E-state index contributed by atoms with van der Waals surface area (Å²) in [4.78, 5) is 34.1. The van der Waals surface area contributed by atoms with E-state index < -0.39 is 24.0 Å². The normalized spacial score (nSPS) is 13.1. The quantitative estimate of drug-likeness (QED) is 0.492. The molecule has 0 amide bonds. The molecular formula is C18H24O6.